The number of hydrogen-bond donors (Lipinski definition) is 7. The topological polar surface area (TPSA) is 194 Å². The van der Waals surface area contributed by atoms with Crippen molar-refractivity contribution in [2.24, 2.45) is 5.73 Å². The summed E-state index contributed by atoms with van der Waals surface area (Å²) in [4.78, 5) is 49.4. The van der Waals surface area contributed by atoms with Gasteiger partial charge >= 0.3 is 12.1 Å². The molecule has 274 valence electrons. The van der Waals surface area contributed by atoms with Crippen molar-refractivity contribution in [2.75, 3.05) is 52.4 Å². The van der Waals surface area contributed by atoms with E-state index in [1.54, 1.807) is 41.3 Å². The number of carbonyl (C=O) groups is 4. The van der Waals surface area contributed by atoms with E-state index in [0.29, 0.717) is 24.2 Å². The number of likely N-dealkylation sites (tertiary alicyclic amines) is 1. The lowest BCUT2D eigenvalue weighted by Crippen LogP contribution is -2.42. The third-order valence-electron chi connectivity index (χ3n) is 7.30. The largest absolute Gasteiger partial charge is 0.508 e. The maximum Gasteiger partial charge on any atom is 0.490 e. The number of aromatic hydroxyl groups is 2. The molecule has 15 heteroatoms. The Morgan fingerprint density at radius 2 is 1.18 bits per heavy atom. The Bertz CT molecular complexity index is 1380. The fourth-order valence-electron chi connectivity index (χ4n) is 4.64. The van der Waals surface area contributed by atoms with E-state index in [0.717, 1.165) is 63.0 Å². The predicted octanol–water partition coefficient (Wildman–Crippen LogP) is 3.20. The second-order valence-corrected chi connectivity index (χ2v) is 11.5. The number of carboxylic acid groups (broad SMARTS) is 1. The van der Waals surface area contributed by atoms with E-state index in [1.807, 2.05) is 0 Å². The first-order chi connectivity index (χ1) is 23.8. The minimum absolute atomic E-state index is 0.0383. The number of Topliss-reactive ketones (excluding diaryl/α,β-unsaturated/α-hetero) is 1. The highest BCUT2D eigenvalue weighted by atomic mass is 19.4. The standard InChI is InChI=1S/C33H45N5O5.C2HF3O2/c34-15-3-18-35-16-1-2-17-36-19-4-20-37-31(41)13-14-32(42)38-23-27(21-25-5-9-29(39)10-6-25)33(43)28(24-38)22-26-7-11-30(40)12-8-26;3-2(4,5)1(6)7/h5-12,21-22,35-36,39-40H,1-4,13-20,23-24,34H2,(H,37,41);(H,6,7)/b27-21+,28-22+;. The molecule has 0 unspecified atom stereocenters. The molecular formula is C35H46F3N5O7. The van der Waals surface area contributed by atoms with E-state index in [1.165, 1.54) is 24.3 Å². The first-order valence-electron chi connectivity index (χ1n) is 16.3. The maximum absolute atomic E-state index is 13.3. The van der Waals surface area contributed by atoms with Crippen LogP contribution >= 0.6 is 0 Å². The number of nitrogens with two attached hydrogens (primary N) is 1. The lowest BCUT2D eigenvalue weighted by Gasteiger charge is -2.30. The molecule has 2 aromatic carbocycles. The molecule has 3 rings (SSSR count). The Hall–Kier alpha value is -4.73. The highest BCUT2D eigenvalue weighted by Gasteiger charge is 2.38. The van der Waals surface area contributed by atoms with Crippen LogP contribution in [0.1, 0.15) is 49.7 Å². The van der Waals surface area contributed by atoms with Crippen LogP contribution < -0.4 is 21.7 Å². The number of rotatable bonds is 17. The van der Waals surface area contributed by atoms with Crippen molar-refractivity contribution in [3.63, 3.8) is 0 Å². The van der Waals surface area contributed by atoms with Gasteiger partial charge in [0.25, 0.3) is 0 Å². The van der Waals surface area contributed by atoms with E-state index in [4.69, 9.17) is 15.6 Å². The smallest absolute Gasteiger partial charge is 0.490 e. The van der Waals surface area contributed by atoms with Gasteiger partial charge in [-0.3, -0.25) is 14.4 Å². The molecule has 12 nitrogen and oxygen atoms in total. The summed E-state index contributed by atoms with van der Waals surface area (Å²) in [5.41, 5.74) is 7.80. The van der Waals surface area contributed by atoms with Crippen LogP contribution in [0.4, 0.5) is 13.2 Å². The average molecular weight is 706 g/mol. The van der Waals surface area contributed by atoms with Crippen LogP contribution in [-0.4, -0.2) is 102 Å². The molecule has 1 fully saturated rings. The summed E-state index contributed by atoms with van der Waals surface area (Å²) in [6.45, 7) is 5.22. The number of piperidine rings is 1. The first kappa shape index (κ1) is 41.4. The minimum atomic E-state index is -5.08. The van der Waals surface area contributed by atoms with Gasteiger partial charge in [0.2, 0.25) is 11.8 Å². The third-order valence-corrected chi connectivity index (χ3v) is 7.30. The van der Waals surface area contributed by atoms with E-state index in [9.17, 15) is 37.8 Å². The number of ketones is 1. The van der Waals surface area contributed by atoms with Crippen molar-refractivity contribution in [1.82, 2.24) is 20.9 Å². The molecule has 50 heavy (non-hydrogen) atoms. The Labute approximate surface area is 289 Å². The number of amides is 2. The van der Waals surface area contributed by atoms with Gasteiger partial charge in [0.15, 0.2) is 5.78 Å². The van der Waals surface area contributed by atoms with Crippen LogP contribution in [0.15, 0.2) is 59.7 Å². The van der Waals surface area contributed by atoms with Crippen LogP contribution in [0.2, 0.25) is 0 Å². The molecule has 8 N–H and O–H groups in total. The molecule has 0 bridgehead atoms. The Balaban J connectivity index is 0.00000112. The van der Waals surface area contributed by atoms with Gasteiger partial charge < -0.3 is 41.9 Å². The zero-order valence-corrected chi connectivity index (χ0v) is 27.8. The minimum Gasteiger partial charge on any atom is -0.508 e. The van der Waals surface area contributed by atoms with E-state index < -0.39 is 12.1 Å². The molecule has 1 saturated heterocycles. The summed E-state index contributed by atoms with van der Waals surface area (Å²) >= 11 is 0. The van der Waals surface area contributed by atoms with Crippen LogP contribution in [0.25, 0.3) is 12.2 Å². The fraction of sp³-hybridized carbons (Fsp3) is 0.429. The quantitative estimate of drug-likeness (QED) is 0.0949. The summed E-state index contributed by atoms with van der Waals surface area (Å²) in [6.07, 6.45) is 2.45. The number of phenolic OH excluding ortho intramolecular Hbond substituents is 2. The summed E-state index contributed by atoms with van der Waals surface area (Å²) in [6, 6.07) is 12.9. The fourth-order valence-corrected chi connectivity index (χ4v) is 4.64. The van der Waals surface area contributed by atoms with E-state index in [-0.39, 0.29) is 55.0 Å². The Kier molecular flexibility index (Phi) is 18.3. The number of carboxylic acids is 1. The number of phenols is 2. The van der Waals surface area contributed by atoms with Crippen molar-refractivity contribution in [3.8, 4) is 11.5 Å². The summed E-state index contributed by atoms with van der Waals surface area (Å²) in [5.74, 6) is -3.08. The molecule has 0 saturated carbocycles. The number of nitrogens with one attached hydrogen (secondary N) is 3. The van der Waals surface area contributed by atoms with Crippen molar-refractivity contribution in [3.05, 3.63) is 70.8 Å². The number of unbranched alkanes of at least 4 members (excludes halogenated alkanes) is 1. The van der Waals surface area contributed by atoms with Crippen LogP contribution in [-0.2, 0) is 19.2 Å². The zero-order chi connectivity index (χ0) is 36.9. The summed E-state index contributed by atoms with van der Waals surface area (Å²) in [7, 11) is 0. The maximum atomic E-state index is 13.3. The average Bonchev–Trinajstić information content (AvgIpc) is 3.07. The van der Waals surface area contributed by atoms with Crippen LogP contribution in [0, 0.1) is 0 Å². The third kappa shape index (κ3) is 16.6. The van der Waals surface area contributed by atoms with Gasteiger partial charge in [-0.1, -0.05) is 24.3 Å². The van der Waals surface area contributed by atoms with E-state index in [2.05, 4.69) is 16.0 Å². The molecular weight excluding hydrogens is 659 g/mol. The second-order valence-electron chi connectivity index (χ2n) is 11.5. The van der Waals surface area contributed by atoms with Gasteiger partial charge in [-0.2, -0.15) is 13.2 Å². The van der Waals surface area contributed by atoms with Gasteiger partial charge in [0.05, 0.1) is 0 Å². The molecule has 0 radical (unpaired) electrons. The molecule has 0 aromatic heterocycles. The molecule has 2 amide bonds. The number of benzene rings is 2. The number of aliphatic carboxylic acids is 1. The molecule has 1 aliphatic rings. The first-order valence-corrected chi connectivity index (χ1v) is 16.3. The lowest BCUT2D eigenvalue weighted by atomic mass is 9.94. The Morgan fingerprint density at radius 3 is 1.62 bits per heavy atom. The lowest BCUT2D eigenvalue weighted by molar-refractivity contribution is -0.192. The molecule has 0 atom stereocenters. The van der Waals surface area contributed by atoms with Crippen molar-refractivity contribution < 1.29 is 47.7 Å². The number of hydrogen-bond acceptors (Lipinski definition) is 9. The predicted molar refractivity (Wildman–Crippen MR) is 183 cm³/mol. The highest BCUT2D eigenvalue weighted by molar-refractivity contribution is 6.15. The van der Waals surface area contributed by atoms with Gasteiger partial charge in [-0.05, 0) is 106 Å². The van der Waals surface area contributed by atoms with Gasteiger partial charge in [0, 0.05) is 43.6 Å². The molecule has 1 aliphatic heterocycles. The van der Waals surface area contributed by atoms with Gasteiger partial charge in [-0.15, -0.1) is 0 Å². The van der Waals surface area contributed by atoms with Gasteiger partial charge in [0.1, 0.15) is 11.5 Å². The zero-order valence-electron chi connectivity index (χ0n) is 27.8. The molecule has 1 heterocycles. The molecule has 2 aromatic rings. The molecule has 0 spiro atoms. The molecule has 0 aliphatic carbocycles. The summed E-state index contributed by atoms with van der Waals surface area (Å²) in [5, 5.41) is 36.0. The summed E-state index contributed by atoms with van der Waals surface area (Å²) < 4.78 is 31.7. The van der Waals surface area contributed by atoms with Crippen molar-refractivity contribution in [2.45, 2.75) is 44.7 Å². The van der Waals surface area contributed by atoms with E-state index >= 15 is 0 Å². The van der Waals surface area contributed by atoms with Crippen molar-refractivity contribution >= 4 is 35.7 Å². The monoisotopic (exact) mass is 705 g/mol. The van der Waals surface area contributed by atoms with Crippen LogP contribution in [0.5, 0.6) is 11.5 Å². The number of halogens is 3. The van der Waals surface area contributed by atoms with Crippen LogP contribution in [0.3, 0.4) is 0 Å². The second kappa shape index (κ2) is 22.1. The number of carbonyl (C=O) groups excluding carboxylic acids is 3. The Morgan fingerprint density at radius 1 is 0.740 bits per heavy atom. The number of nitrogens with zero attached hydrogens (tertiary/aromatic N) is 1. The normalized spacial score (nSPS) is 14.7. The SMILES string of the molecule is NCCCNCCCCNCCCNC(=O)CCC(=O)N1C/C(=C\c2ccc(O)cc2)C(=O)/C(=C/c2ccc(O)cc2)C1.O=C(O)C(F)(F)F. The number of alkyl halides is 3. The van der Waals surface area contributed by atoms with Gasteiger partial charge in [-0.25, -0.2) is 4.79 Å². The van der Waals surface area contributed by atoms with Crippen molar-refractivity contribution in [1.29, 1.82) is 0 Å². The highest BCUT2D eigenvalue weighted by Crippen LogP contribution is 2.24.